The topological polar surface area (TPSA) is 69.3 Å². The highest BCUT2D eigenvalue weighted by Crippen LogP contribution is 2.23. The van der Waals surface area contributed by atoms with Gasteiger partial charge in [-0.3, -0.25) is 0 Å². The number of anilines is 1. The van der Waals surface area contributed by atoms with Gasteiger partial charge >= 0.3 is 0 Å². The van der Waals surface area contributed by atoms with Crippen molar-refractivity contribution < 1.29 is 5.11 Å². The molecule has 1 atom stereocenters. The van der Waals surface area contributed by atoms with Gasteiger partial charge in [0.15, 0.2) is 0 Å². The van der Waals surface area contributed by atoms with Gasteiger partial charge in [0.1, 0.15) is 0 Å². The summed E-state index contributed by atoms with van der Waals surface area (Å²) in [6.45, 7) is 0. The van der Waals surface area contributed by atoms with Crippen LogP contribution in [0.3, 0.4) is 0 Å². The van der Waals surface area contributed by atoms with Crippen molar-refractivity contribution in [1.29, 1.82) is 0 Å². The summed E-state index contributed by atoms with van der Waals surface area (Å²) in [5.74, 6) is 0.328. The first-order valence-electron chi connectivity index (χ1n) is 5.24. The van der Waals surface area contributed by atoms with E-state index >= 15 is 0 Å². The summed E-state index contributed by atoms with van der Waals surface area (Å²) in [6.07, 6.45) is -1.08. The number of rotatable bonds is 1. The predicted octanol–water partition coefficient (Wildman–Crippen LogP) is 2.35. The van der Waals surface area contributed by atoms with Gasteiger partial charge in [-0.2, -0.15) is 4.99 Å². The van der Waals surface area contributed by atoms with E-state index in [1.54, 1.807) is 0 Å². The maximum atomic E-state index is 9.10. The fourth-order valence-corrected chi connectivity index (χ4v) is 1.78. The van der Waals surface area contributed by atoms with Gasteiger partial charge in [0.25, 0.3) is 6.35 Å². The molecule has 1 heterocycles. The van der Waals surface area contributed by atoms with Crippen LogP contribution in [0, 0.1) is 0 Å². The van der Waals surface area contributed by atoms with Crippen LogP contribution in [-0.2, 0) is 0 Å². The highest BCUT2D eigenvalue weighted by atomic mass is 16.3. The number of aliphatic hydroxyl groups is 1. The van der Waals surface area contributed by atoms with Crippen LogP contribution in [0.25, 0.3) is 10.8 Å². The highest BCUT2D eigenvalue weighted by Gasteiger charge is 2.11. The lowest BCUT2D eigenvalue weighted by Gasteiger charge is -2.06. The van der Waals surface area contributed by atoms with E-state index in [1.165, 1.54) is 0 Å². The number of azo groups is 1. The molecule has 1 unspecified atom stereocenters. The van der Waals surface area contributed by atoms with Gasteiger partial charge in [-0.05, 0) is 11.5 Å². The minimum atomic E-state index is -1.08. The molecule has 0 aromatic heterocycles. The van der Waals surface area contributed by atoms with Gasteiger partial charge in [-0.1, -0.05) is 36.4 Å². The first kappa shape index (κ1) is 9.92. The lowest BCUT2D eigenvalue weighted by molar-refractivity contribution is 0.194. The van der Waals surface area contributed by atoms with E-state index in [2.05, 4.69) is 20.5 Å². The van der Waals surface area contributed by atoms with Crippen LogP contribution >= 0.6 is 0 Å². The van der Waals surface area contributed by atoms with Crippen LogP contribution < -0.4 is 5.32 Å². The Kier molecular flexibility index (Phi) is 2.31. The highest BCUT2D eigenvalue weighted by molar-refractivity contribution is 6.03. The van der Waals surface area contributed by atoms with Crippen LogP contribution in [0.15, 0.2) is 57.7 Å². The average Bonchev–Trinajstić information content (AvgIpc) is 2.75. The van der Waals surface area contributed by atoms with Crippen LogP contribution in [0.5, 0.6) is 0 Å². The fourth-order valence-electron chi connectivity index (χ4n) is 1.78. The van der Waals surface area contributed by atoms with Crippen molar-refractivity contribution in [3.8, 4) is 0 Å². The van der Waals surface area contributed by atoms with E-state index in [0.717, 1.165) is 16.5 Å². The third-order valence-corrected chi connectivity index (χ3v) is 2.53. The van der Waals surface area contributed by atoms with E-state index in [-0.39, 0.29) is 0 Å². The van der Waals surface area contributed by atoms with Crippen molar-refractivity contribution in [3.63, 3.8) is 0 Å². The number of hydrogen-bond acceptors (Lipinski definition) is 5. The van der Waals surface area contributed by atoms with E-state index in [4.69, 9.17) is 5.11 Å². The van der Waals surface area contributed by atoms with Crippen LogP contribution in [0.2, 0.25) is 0 Å². The van der Waals surface area contributed by atoms with E-state index in [0.29, 0.717) is 5.96 Å². The fraction of sp³-hybridized carbons (Fsp3) is 0.0833. The Morgan fingerprint density at radius 3 is 2.71 bits per heavy atom. The van der Waals surface area contributed by atoms with Crippen molar-refractivity contribution in [1.82, 2.24) is 0 Å². The summed E-state index contributed by atoms with van der Waals surface area (Å²) in [5, 5.41) is 21.6. The first-order chi connectivity index (χ1) is 8.33. The van der Waals surface area contributed by atoms with Crippen LogP contribution in [0.1, 0.15) is 0 Å². The van der Waals surface area contributed by atoms with E-state index in [9.17, 15) is 0 Å². The minimum Gasteiger partial charge on any atom is -0.352 e. The van der Waals surface area contributed by atoms with Crippen molar-refractivity contribution >= 4 is 22.4 Å². The summed E-state index contributed by atoms with van der Waals surface area (Å²) >= 11 is 0. The summed E-state index contributed by atoms with van der Waals surface area (Å²) < 4.78 is 0. The molecule has 0 spiro atoms. The molecule has 1 aliphatic rings. The molecule has 2 aromatic rings. The lowest BCUT2D eigenvalue weighted by Crippen LogP contribution is -2.08. The molecule has 0 fully saturated rings. The predicted molar refractivity (Wildman–Crippen MR) is 65.9 cm³/mol. The molecular weight excluding hydrogens is 216 g/mol. The number of hydrogen-bond donors (Lipinski definition) is 2. The number of nitrogens with zero attached hydrogens (tertiary/aromatic N) is 3. The number of nitrogens with one attached hydrogen (secondary N) is 1. The maximum Gasteiger partial charge on any atom is 0.265 e. The van der Waals surface area contributed by atoms with Crippen molar-refractivity contribution in [3.05, 3.63) is 42.5 Å². The van der Waals surface area contributed by atoms with Gasteiger partial charge in [0, 0.05) is 11.1 Å². The lowest BCUT2D eigenvalue weighted by atomic mass is 10.1. The van der Waals surface area contributed by atoms with Gasteiger partial charge in [0.05, 0.1) is 0 Å². The second-order valence-electron chi connectivity index (χ2n) is 3.67. The molecule has 1 aliphatic heterocycles. The zero-order valence-electron chi connectivity index (χ0n) is 8.91. The largest absolute Gasteiger partial charge is 0.352 e. The Balaban J connectivity index is 2.01. The molecule has 0 radical (unpaired) electrons. The van der Waals surface area contributed by atoms with Crippen LogP contribution in [0.4, 0.5) is 5.69 Å². The number of guanidine groups is 1. The summed E-state index contributed by atoms with van der Waals surface area (Å²) in [6, 6.07) is 13.9. The van der Waals surface area contributed by atoms with Gasteiger partial charge in [-0.15, -0.1) is 10.2 Å². The molecule has 5 nitrogen and oxygen atoms in total. The molecule has 17 heavy (non-hydrogen) atoms. The van der Waals surface area contributed by atoms with Crippen molar-refractivity contribution in [2.24, 2.45) is 15.2 Å². The van der Waals surface area contributed by atoms with E-state index in [1.807, 2.05) is 42.5 Å². The Labute approximate surface area is 97.5 Å². The molecule has 84 valence electrons. The Hall–Kier alpha value is -2.27. The average molecular weight is 226 g/mol. The van der Waals surface area contributed by atoms with Gasteiger partial charge < -0.3 is 10.4 Å². The standard InChI is InChI=1S/C12H10N4O/c17-12-14-11(15-16-12)13-10-7-3-5-8-4-1-2-6-9(8)10/h1-7,12,17H,(H,13,14). The Bertz CT molecular complexity index is 615. The monoisotopic (exact) mass is 226 g/mol. The second kappa shape index (κ2) is 3.95. The van der Waals surface area contributed by atoms with E-state index < -0.39 is 6.35 Å². The molecule has 0 saturated carbocycles. The Morgan fingerprint density at radius 1 is 1.06 bits per heavy atom. The first-order valence-corrected chi connectivity index (χ1v) is 5.24. The van der Waals surface area contributed by atoms with Gasteiger partial charge in [-0.25, -0.2) is 0 Å². The maximum absolute atomic E-state index is 9.10. The van der Waals surface area contributed by atoms with Crippen molar-refractivity contribution in [2.75, 3.05) is 5.32 Å². The second-order valence-corrected chi connectivity index (χ2v) is 3.67. The zero-order chi connectivity index (χ0) is 11.7. The number of aliphatic hydroxyl groups excluding tert-OH is 1. The molecular formula is C12H10N4O. The Morgan fingerprint density at radius 2 is 1.88 bits per heavy atom. The van der Waals surface area contributed by atoms with Gasteiger partial charge in [0.2, 0.25) is 5.96 Å². The summed E-state index contributed by atoms with van der Waals surface area (Å²) in [7, 11) is 0. The van der Waals surface area contributed by atoms with Crippen LogP contribution in [-0.4, -0.2) is 17.4 Å². The summed E-state index contributed by atoms with van der Waals surface area (Å²) in [4.78, 5) is 3.82. The minimum absolute atomic E-state index is 0.328. The third-order valence-electron chi connectivity index (χ3n) is 2.53. The SMILES string of the molecule is OC1N=NC(Nc2cccc3ccccc23)=N1. The molecule has 0 amide bonds. The molecule has 0 bridgehead atoms. The zero-order valence-corrected chi connectivity index (χ0v) is 8.91. The smallest absolute Gasteiger partial charge is 0.265 e. The molecule has 3 rings (SSSR count). The summed E-state index contributed by atoms with van der Waals surface area (Å²) in [5.41, 5.74) is 0.898. The number of fused-ring (bicyclic) bond motifs is 1. The molecule has 5 heteroatoms. The van der Waals surface area contributed by atoms with Crippen molar-refractivity contribution in [2.45, 2.75) is 6.35 Å². The molecule has 0 saturated heterocycles. The quantitative estimate of drug-likeness (QED) is 0.783. The number of benzene rings is 2. The normalized spacial score (nSPS) is 18.4. The molecule has 2 N–H and O–H groups in total. The molecule has 0 aliphatic carbocycles. The third kappa shape index (κ3) is 1.88. The number of aliphatic imine (C=N–C) groups is 1. The molecule has 2 aromatic carbocycles.